The number of ether oxygens (including phenoxy) is 1. The van der Waals surface area contributed by atoms with E-state index < -0.39 is 24.6 Å². The second kappa shape index (κ2) is 5.68. The van der Waals surface area contributed by atoms with Gasteiger partial charge in [0.1, 0.15) is 0 Å². The summed E-state index contributed by atoms with van der Waals surface area (Å²) in [7, 11) is 1.50. The fourth-order valence-electron chi connectivity index (χ4n) is 2.05. The number of carbonyl (C=O) groups is 1. The molecule has 0 spiro atoms. The Balaban J connectivity index is 2.50. The molecule has 0 saturated heterocycles. The highest BCUT2D eigenvalue weighted by Gasteiger charge is 2.45. The summed E-state index contributed by atoms with van der Waals surface area (Å²) in [6.07, 6.45) is -2.47. The Morgan fingerprint density at radius 1 is 1.53 bits per heavy atom. The molecule has 0 aromatic carbocycles. The molecule has 4 nitrogen and oxygen atoms in total. The molecule has 7 heteroatoms. The summed E-state index contributed by atoms with van der Waals surface area (Å²) in [6, 6.07) is -0.191. The van der Waals surface area contributed by atoms with E-state index in [9.17, 15) is 18.0 Å². The molecule has 1 rings (SSSR count). The van der Waals surface area contributed by atoms with E-state index in [2.05, 4.69) is 5.32 Å². The van der Waals surface area contributed by atoms with E-state index in [1.54, 1.807) is 0 Å². The number of nitrogens with one attached hydrogen (secondary N) is 1. The first-order valence-corrected chi connectivity index (χ1v) is 5.42. The van der Waals surface area contributed by atoms with Crippen molar-refractivity contribution in [3.05, 3.63) is 0 Å². The van der Waals surface area contributed by atoms with Crippen molar-refractivity contribution < 1.29 is 27.8 Å². The molecule has 1 aliphatic rings. The molecule has 1 fully saturated rings. The number of hydrogen-bond donors (Lipinski definition) is 2. The van der Waals surface area contributed by atoms with Gasteiger partial charge >= 0.3 is 12.1 Å². The highest BCUT2D eigenvalue weighted by atomic mass is 19.4. The molecule has 3 atom stereocenters. The lowest BCUT2D eigenvalue weighted by atomic mass is 10.1. The summed E-state index contributed by atoms with van der Waals surface area (Å²) in [4.78, 5) is 10.5. The minimum atomic E-state index is -4.72. The van der Waals surface area contributed by atoms with Crippen LogP contribution >= 0.6 is 0 Å². The van der Waals surface area contributed by atoms with Crippen LogP contribution in [0.4, 0.5) is 13.2 Å². The second-order valence-corrected chi connectivity index (χ2v) is 4.15. The van der Waals surface area contributed by atoms with Crippen molar-refractivity contribution in [2.45, 2.75) is 37.6 Å². The molecule has 0 aromatic heterocycles. The summed E-state index contributed by atoms with van der Waals surface area (Å²) >= 11 is 0. The van der Waals surface area contributed by atoms with E-state index in [1.165, 1.54) is 7.11 Å². The maximum Gasteiger partial charge on any atom is 0.403 e. The van der Waals surface area contributed by atoms with E-state index in [-0.39, 0.29) is 12.1 Å². The number of halogens is 3. The average molecular weight is 255 g/mol. The topological polar surface area (TPSA) is 58.6 Å². The fraction of sp³-hybridized carbons (Fsp3) is 0.900. The van der Waals surface area contributed by atoms with Crippen LogP contribution in [0.3, 0.4) is 0 Å². The summed E-state index contributed by atoms with van der Waals surface area (Å²) in [5.74, 6) is -4.21. The van der Waals surface area contributed by atoms with Crippen molar-refractivity contribution >= 4 is 5.97 Å². The lowest BCUT2D eigenvalue weighted by Crippen LogP contribution is -2.45. The molecule has 1 saturated carbocycles. The lowest BCUT2D eigenvalue weighted by molar-refractivity contribution is -0.192. The molecular weight excluding hydrogens is 239 g/mol. The lowest BCUT2D eigenvalue weighted by Gasteiger charge is -2.23. The van der Waals surface area contributed by atoms with E-state index >= 15 is 0 Å². The van der Waals surface area contributed by atoms with Gasteiger partial charge in [-0.3, -0.25) is 4.79 Å². The van der Waals surface area contributed by atoms with Crippen LogP contribution in [0.1, 0.15) is 19.3 Å². The van der Waals surface area contributed by atoms with Crippen LogP contribution in [0, 0.1) is 5.92 Å². The predicted molar refractivity (Wildman–Crippen MR) is 53.6 cm³/mol. The Labute approximate surface area is 97.1 Å². The van der Waals surface area contributed by atoms with Gasteiger partial charge in [0, 0.05) is 19.7 Å². The molecule has 0 aromatic rings. The first-order valence-electron chi connectivity index (χ1n) is 5.42. The van der Waals surface area contributed by atoms with Crippen molar-refractivity contribution in [2.24, 2.45) is 5.92 Å². The number of aliphatic carboxylic acids is 1. The van der Waals surface area contributed by atoms with Crippen LogP contribution in [-0.4, -0.2) is 43.1 Å². The molecule has 100 valence electrons. The van der Waals surface area contributed by atoms with Gasteiger partial charge in [0.2, 0.25) is 0 Å². The van der Waals surface area contributed by atoms with Crippen molar-refractivity contribution in [1.82, 2.24) is 5.32 Å². The summed E-state index contributed by atoms with van der Waals surface area (Å²) < 4.78 is 42.2. The molecule has 0 aliphatic heterocycles. The van der Waals surface area contributed by atoms with E-state index in [0.29, 0.717) is 6.42 Å². The Hall–Kier alpha value is -0.820. The van der Waals surface area contributed by atoms with Crippen molar-refractivity contribution in [3.8, 4) is 0 Å². The van der Waals surface area contributed by atoms with E-state index in [0.717, 1.165) is 12.8 Å². The van der Waals surface area contributed by atoms with Gasteiger partial charge in [-0.05, 0) is 19.3 Å². The Bertz CT molecular complexity index is 270. The van der Waals surface area contributed by atoms with Crippen LogP contribution < -0.4 is 5.32 Å². The average Bonchev–Trinajstić information content (AvgIpc) is 2.62. The molecule has 0 bridgehead atoms. The third-order valence-corrected chi connectivity index (χ3v) is 3.03. The van der Waals surface area contributed by atoms with Gasteiger partial charge < -0.3 is 15.2 Å². The number of carboxylic acid groups (broad SMARTS) is 1. The first kappa shape index (κ1) is 14.2. The molecule has 2 N–H and O–H groups in total. The van der Waals surface area contributed by atoms with Crippen LogP contribution in [0.15, 0.2) is 0 Å². The number of methoxy groups -OCH3 is 1. The minimum absolute atomic E-state index is 0.127. The minimum Gasteiger partial charge on any atom is -0.481 e. The van der Waals surface area contributed by atoms with Gasteiger partial charge in [0.05, 0.1) is 6.10 Å². The van der Waals surface area contributed by atoms with Crippen molar-refractivity contribution in [1.29, 1.82) is 0 Å². The highest BCUT2D eigenvalue weighted by Crippen LogP contribution is 2.27. The zero-order valence-corrected chi connectivity index (χ0v) is 9.46. The Kier molecular flexibility index (Phi) is 4.76. The Morgan fingerprint density at radius 3 is 2.65 bits per heavy atom. The third kappa shape index (κ3) is 3.85. The zero-order chi connectivity index (χ0) is 13.1. The van der Waals surface area contributed by atoms with E-state index in [1.807, 2.05) is 0 Å². The SMILES string of the molecule is COC1CCCC1NCC(C(=O)O)C(F)(F)F. The van der Waals surface area contributed by atoms with Crippen LogP contribution in [0.2, 0.25) is 0 Å². The van der Waals surface area contributed by atoms with Gasteiger partial charge in [0.15, 0.2) is 5.92 Å². The molecule has 0 heterocycles. The summed E-state index contributed by atoms with van der Waals surface area (Å²) in [5, 5.41) is 11.2. The molecule has 3 unspecified atom stereocenters. The zero-order valence-electron chi connectivity index (χ0n) is 9.46. The van der Waals surface area contributed by atoms with Gasteiger partial charge in [-0.2, -0.15) is 13.2 Å². The first-order chi connectivity index (χ1) is 7.86. The smallest absolute Gasteiger partial charge is 0.403 e. The van der Waals surface area contributed by atoms with Gasteiger partial charge in [-0.15, -0.1) is 0 Å². The largest absolute Gasteiger partial charge is 0.481 e. The van der Waals surface area contributed by atoms with Gasteiger partial charge in [-0.1, -0.05) is 0 Å². The number of hydrogen-bond acceptors (Lipinski definition) is 3. The summed E-state index contributed by atoms with van der Waals surface area (Å²) in [5.41, 5.74) is 0. The standard InChI is InChI=1S/C10H16F3NO3/c1-17-8-4-2-3-7(8)14-5-6(9(15)16)10(11,12)13/h6-8,14H,2-5H2,1H3,(H,15,16). The fourth-order valence-corrected chi connectivity index (χ4v) is 2.05. The van der Waals surface area contributed by atoms with Gasteiger partial charge in [-0.25, -0.2) is 0 Å². The highest BCUT2D eigenvalue weighted by molar-refractivity contribution is 5.71. The normalized spacial score (nSPS) is 27.1. The third-order valence-electron chi connectivity index (χ3n) is 3.03. The molecule has 1 aliphatic carbocycles. The van der Waals surface area contributed by atoms with E-state index in [4.69, 9.17) is 9.84 Å². The van der Waals surface area contributed by atoms with Crippen LogP contribution in [0.5, 0.6) is 0 Å². The Morgan fingerprint density at radius 2 is 2.18 bits per heavy atom. The molecule has 17 heavy (non-hydrogen) atoms. The number of rotatable bonds is 5. The number of alkyl halides is 3. The summed E-state index contributed by atoms with van der Waals surface area (Å²) in [6.45, 7) is -0.608. The second-order valence-electron chi connectivity index (χ2n) is 4.15. The van der Waals surface area contributed by atoms with Crippen LogP contribution in [0.25, 0.3) is 0 Å². The predicted octanol–water partition coefficient (Wildman–Crippen LogP) is 1.41. The monoisotopic (exact) mass is 255 g/mol. The molecular formula is C10H16F3NO3. The van der Waals surface area contributed by atoms with Gasteiger partial charge in [0.25, 0.3) is 0 Å². The van der Waals surface area contributed by atoms with Crippen molar-refractivity contribution in [2.75, 3.05) is 13.7 Å². The van der Waals surface area contributed by atoms with Crippen LogP contribution in [-0.2, 0) is 9.53 Å². The molecule has 0 radical (unpaired) electrons. The molecule has 0 amide bonds. The maximum atomic E-state index is 12.4. The van der Waals surface area contributed by atoms with Crippen molar-refractivity contribution in [3.63, 3.8) is 0 Å². The number of carboxylic acids is 1. The quantitative estimate of drug-likeness (QED) is 0.779. The maximum absolute atomic E-state index is 12.4.